The molecular formula is C67H113N9O7. The second-order valence-electron chi connectivity index (χ2n) is 20.1. The highest BCUT2D eigenvalue weighted by Gasteiger charge is 2.12. The van der Waals surface area contributed by atoms with Gasteiger partial charge in [-0.3, -0.25) is 0 Å². The minimum absolute atomic E-state index is 0.0123. The monoisotopic (exact) mass is 1160 g/mol. The van der Waals surface area contributed by atoms with Gasteiger partial charge in [0.05, 0.1) is 48.8 Å². The number of nitrogens with one attached hydrogen (secondary N) is 3. The molecule has 0 amide bonds. The summed E-state index contributed by atoms with van der Waals surface area (Å²) in [6.07, 6.45) is 16.7. The van der Waals surface area contributed by atoms with Crippen LogP contribution >= 0.6 is 0 Å². The summed E-state index contributed by atoms with van der Waals surface area (Å²) in [6.45, 7) is 24.2. The lowest BCUT2D eigenvalue weighted by molar-refractivity contribution is 0.273. The number of ether oxygens (including phenoxy) is 5. The van der Waals surface area contributed by atoms with E-state index >= 15 is 0 Å². The van der Waals surface area contributed by atoms with Crippen LogP contribution in [0.1, 0.15) is 166 Å². The molecule has 468 valence electrons. The van der Waals surface area contributed by atoms with Gasteiger partial charge in [-0.05, 0) is 81.3 Å². The van der Waals surface area contributed by atoms with Crippen molar-refractivity contribution < 1.29 is 33.9 Å². The van der Waals surface area contributed by atoms with E-state index in [1.165, 1.54) is 88.4 Å². The molecule has 4 aromatic carbocycles. The summed E-state index contributed by atoms with van der Waals surface area (Å²) in [6, 6.07) is 28.1. The van der Waals surface area contributed by atoms with Gasteiger partial charge < -0.3 is 76.8 Å². The van der Waals surface area contributed by atoms with Crippen molar-refractivity contribution in [2.45, 2.75) is 171 Å². The first-order valence-corrected chi connectivity index (χ1v) is 30.7. The zero-order valence-corrected chi connectivity index (χ0v) is 53.5. The fraction of sp³-hybridized carbons (Fsp3) is 0.567. The molecule has 0 spiro atoms. The van der Waals surface area contributed by atoms with Crippen molar-refractivity contribution >= 4 is 28.6 Å². The van der Waals surface area contributed by atoms with Crippen molar-refractivity contribution in [3.8, 4) is 28.9 Å². The van der Waals surface area contributed by atoms with Crippen molar-refractivity contribution in [1.29, 1.82) is 0 Å². The number of hydrogen-bond acceptors (Lipinski definition) is 16. The van der Waals surface area contributed by atoms with Gasteiger partial charge in [-0.2, -0.15) is 4.98 Å². The summed E-state index contributed by atoms with van der Waals surface area (Å²) in [7, 11) is 8.26. The molecule has 1 aromatic heterocycles. The van der Waals surface area contributed by atoms with Crippen LogP contribution in [-0.2, 0) is 32.8 Å². The Hall–Kier alpha value is -6.17. The third-order valence-electron chi connectivity index (χ3n) is 13.7. The molecule has 83 heavy (non-hydrogen) atoms. The Morgan fingerprint density at radius 3 is 1.07 bits per heavy atom. The number of nitrogens with zero attached hydrogens (tertiary/aromatic N) is 3. The first-order chi connectivity index (χ1) is 40.5. The standard InChI is InChI=1S/C16H28N2O.C16H27NO2.C12H20N2O.C12H19NO2.C11H19N3O/c1-4-6-10-18(11-7-5-2)15-9-8-14(13-17)16(12-15)19-3;1-4-6-10-17(11-7-5-2)15-9-8-14(13-18)16(12-15)19-3;1-3-4-7-14-11-6-5-10(9-13)12(8-11)15-2;1-3-4-7-13-11-6-5-10(9-14)12(8-11)15-2;1-3-4-7-13-10-6-5-9(8-12)11(14-10)15-2/h8-9,12H,4-7,10-11,13,17H2,1-3H3;8-9,12,18H,4-7,10-11,13H2,1-3H3;5-6,8,14H,3-4,7,9,13H2,1-2H3;5-6,8,13-14H,3-4,7,9H2,1-2H3;5-6H,3-4,7-8,12H2,1-2H3,(H,13,14). The molecule has 0 atom stereocenters. The summed E-state index contributed by atoms with van der Waals surface area (Å²) in [4.78, 5) is 9.19. The van der Waals surface area contributed by atoms with Gasteiger partial charge in [0.1, 0.15) is 28.8 Å². The number of aliphatic hydroxyl groups is 2. The zero-order chi connectivity index (χ0) is 61.5. The predicted octanol–water partition coefficient (Wildman–Crippen LogP) is 13.7. The van der Waals surface area contributed by atoms with E-state index in [-0.39, 0.29) is 13.2 Å². The highest BCUT2D eigenvalue weighted by Crippen LogP contribution is 2.29. The average Bonchev–Trinajstić information content (AvgIpc) is 3.61. The summed E-state index contributed by atoms with van der Waals surface area (Å²) >= 11 is 0. The minimum Gasteiger partial charge on any atom is -0.496 e. The SMILES string of the molecule is CCCCN(CCCC)c1ccc(CN)c(OC)c1.CCCCN(CCCC)c1ccc(CO)c(OC)c1.CCCCNc1ccc(CN)c(OC)c1.CCCCNc1ccc(CN)c(OC)n1.CCCCNc1ccc(CO)c(OC)c1. The Labute approximate surface area is 502 Å². The molecule has 0 saturated heterocycles. The van der Waals surface area contributed by atoms with Crippen LogP contribution in [0.4, 0.5) is 28.6 Å². The Morgan fingerprint density at radius 2 is 0.711 bits per heavy atom. The fourth-order valence-electron chi connectivity index (χ4n) is 8.42. The molecular weight excluding hydrogens is 1040 g/mol. The number of anilines is 5. The van der Waals surface area contributed by atoms with Crippen molar-refractivity contribution in [1.82, 2.24) is 4.98 Å². The molecule has 5 rings (SSSR count). The second-order valence-corrected chi connectivity index (χ2v) is 20.1. The molecule has 0 aliphatic heterocycles. The van der Waals surface area contributed by atoms with Gasteiger partial charge in [-0.1, -0.05) is 118 Å². The van der Waals surface area contributed by atoms with Crippen LogP contribution in [0.2, 0.25) is 0 Å². The van der Waals surface area contributed by atoms with Crippen LogP contribution in [0.5, 0.6) is 28.9 Å². The Balaban J connectivity index is 0.000000521. The normalized spacial score (nSPS) is 10.3. The molecule has 5 aromatic rings. The molecule has 0 bridgehead atoms. The van der Waals surface area contributed by atoms with Crippen molar-refractivity contribution in [2.75, 3.05) is 107 Å². The van der Waals surface area contributed by atoms with Crippen molar-refractivity contribution in [3.63, 3.8) is 0 Å². The maximum Gasteiger partial charge on any atom is 0.219 e. The van der Waals surface area contributed by atoms with Gasteiger partial charge in [0.15, 0.2) is 0 Å². The van der Waals surface area contributed by atoms with E-state index in [0.29, 0.717) is 25.5 Å². The van der Waals surface area contributed by atoms with Crippen molar-refractivity contribution in [2.24, 2.45) is 17.2 Å². The molecule has 16 heteroatoms. The molecule has 11 N–H and O–H groups in total. The predicted molar refractivity (Wildman–Crippen MR) is 353 cm³/mol. The van der Waals surface area contributed by atoms with Crippen LogP contribution in [0.3, 0.4) is 0 Å². The number of aromatic nitrogens is 1. The van der Waals surface area contributed by atoms with Crippen LogP contribution in [0.25, 0.3) is 0 Å². The molecule has 0 aliphatic rings. The molecule has 1 heterocycles. The molecule has 16 nitrogen and oxygen atoms in total. The molecule has 0 aliphatic carbocycles. The number of rotatable bonds is 36. The summed E-state index contributed by atoms with van der Waals surface area (Å²) in [5, 5.41) is 28.2. The smallest absolute Gasteiger partial charge is 0.219 e. The Morgan fingerprint density at radius 1 is 0.386 bits per heavy atom. The largest absolute Gasteiger partial charge is 0.496 e. The van der Waals surface area contributed by atoms with E-state index < -0.39 is 0 Å². The molecule has 0 fully saturated rings. The van der Waals surface area contributed by atoms with Gasteiger partial charge in [0.25, 0.3) is 0 Å². The fourth-order valence-corrected chi connectivity index (χ4v) is 8.42. The van der Waals surface area contributed by atoms with E-state index in [1.54, 1.807) is 35.5 Å². The first-order valence-electron chi connectivity index (χ1n) is 30.7. The van der Waals surface area contributed by atoms with Crippen molar-refractivity contribution in [3.05, 3.63) is 113 Å². The number of methoxy groups -OCH3 is 5. The lowest BCUT2D eigenvalue weighted by Gasteiger charge is -2.25. The molecule has 0 saturated carbocycles. The van der Waals surface area contributed by atoms with Gasteiger partial charge in [-0.25, -0.2) is 0 Å². The van der Waals surface area contributed by atoms with Crippen LogP contribution < -0.4 is 66.6 Å². The molecule has 0 unspecified atom stereocenters. The number of unbranched alkanes of at least 4 members (excludes halogenated alkanes) is 7. The summed E-state index contributed by atoms with van der Waals surface area (Å²) < 4.78 is 26.4. The van der Waals surface area contributed by atoms with Crippen LogP contribution in [0, 0.1) is 0 Å². The lowest BCUT2D eigenvalue weighted by Crippen LogP contribution is -2.25. The van der Waals surface area contributed by atoms with E-state index in [0.717, 1.165) is 127 Å². The van der Waals surface area contributed by atoms with Crippen LogP contribution in [0.15, 0.2) is 84.9 Å². The summed E-state index contributed by atoms with van der Waals surface area (Å²) in [5.41, 5.74) is 26.1. The Kier molecular flexibility index (Phi) is 43.5. The Bertz CT molecular complexity index is 2160. The highest BCUT2D eigenvalue weighted by atomic mass is 16.5. The third kappa shape index (κ3) is 29.8. The quantitative estimate of drug-likeness (QED) is 0.0175. The number of pyridine rings is 1. The van der Waals surface area contributed by atoms with E-state index in [4.69, 9.17) is 46.0 Å². The second kappa shape index (κ2) is 48.2. The van der Waals surface area contributed by atoms with E-state index in [2.05, 4.69) is 103 Å². The minimum atomic E-state index is 0.0123. The molecule has 0 radical (unpaired) electrons. The van der Waals surface area contributed by atoms with Gasteiger partial charge in [0, 0.05) is 140 Å². The maximum atomic E-state index is 9.27. The third-order valence-corrected chi connectivity index (χ3v) is 13.7. The van der Waals surface area contributed by atoms with E-state index in [9.17, 15) is 5.11 Å². The lowest BCUT2D eigenvalue weighted by atomic mass is 10.1. The first kappa shape index (κ1) is 74.8. The van der Waals surface area contributed by atoms with Crippen LogP contribution in [-0.4, -0.2) is 96.6 Å². The number of aliphatic hydroxyl groups excluding tert-OH is 2. The highest BCUT2D eigenvalue weighted by molar-refractivity contribution is 5.56. The number of hydrogen-bond donors (Lipinski definition) is 8. The van der Waals surface area contributed by atoms with Gasteiger partial charge in [-0.15, -0.1) is 0 Å². The maximum absolute atomic E-state index is 9.27. The number of benzene rings is 4. The van der Waals surface area contributed by atoms with E-state index in [1.807, 2.05) is 60.7 Å². The average molecular weight is 1160 g/mol. The zero-order valence-electron chi connectivity index (χ0n) is 53.5. The summed E-state index contributed by atoms with van der Waals surface area (Å²) in [5.74, 6) is 4.73. The van der Waals surface area contributed by atoms with Gasteiger partial charge in [0.2, 0.25) is 5.88 Å². The van der Waals surface area contributed by atoms with Gasteiger partial charge >= 0.3 is 0 Å². The number of nitrogens with two attached hydrogens (primary N) is 3. The topological polar surface area (TPSA) is 220 Å².